The molecule has 1 aromatic heterocycles. The lowest BCUT2D eigenvalue weighted by Gasteiger charge is -2.36. The highest BCUT2D eigenvalue weighted by molar-refractivity contribution is 7.89. The zero-order valence-electron chi connectivity index (χ0n) is 20.8. The van der Waals surface area contributed by atoms with Gasteiger partial charge in [-0.3, -0.25) is 4.79 Å². The van der Waals surface area contributed by atoms with Gasteiger partial charge < -0.3 is 9.64 Å². The number of halogens is 1. The van der Waals surface area contributed by atoms with Crippen LogP contribution in [0.25, 0.3) is 6.08 Å². The molecule has 0 spiro atoms. The second-order valence-electron chi connectivity index (χ2n) is 8.99. The quantitative estimate of drug-likeness (QED) is 0.168. The number of ketones is 1. The predicted molar refractivity (Wildman–Crippen MR) is 150 cm³/mol. The van der Waals surface area contributed by atoms with Crippen LogP contribution in [0.5, 0.6) is 5.75 Å². The minimum absolute atomic E-state index is 0.0189. The lowest BCUT2D eigenvalue weighted by atomic mass is 10.1. The van der Waals surface area contributed by atoms with E-state index < -0.39 is 10.0 Å². The standard InChI is InChI=1S/C28H31ClN2O4S2/c1-30(37(33,34)27-12-7-23(29)8-13-27)24-15-18-31(19-16-24)17-3-20-35-25-9-5-22(6-10-25)28(32)14-11-26-4-2-21-36-26/h2,4-14,21,24H,3,15-20H2,1H3. The molecule has 1 aliphatic rings. The first-order valence-electron chi connectivity index (χ1n) is 12.3. The molecule has 0 unspecified atom stereocenters. The Hall–Kier alpha value is -2.49. The van der Waals surface area contributed by atoms with Crippen molar-refractivity contribution < 1.29 is 17.9 Å². The zero-order valence-corrected chi connectivity index (χ0v) is 23.1. The molecule has 0 bridgehead atoms. The number of carbonyl (C=O) groups excluding carboxylic acids is 1. The fraction of sp³-hybridized carbons (Fsp3) is 0.321. The van der Waals surface area contributed by atoms with E-state index in [2.05, 4.69) is 4.90 Å². The number of allylic oxidation sites excluding steroid dienone is 1. The molecule has 0 saturated carbocycles. The highest BCUT2D eigenvalue weighted by Gasteiger charge is 2.30. The summed E-state index contributed by atoms with van der Waals surface area (Å²) in [4.78, 5) is 16.0. The number of hydrogen-bond acceptors (Lipinski definition) is 6. The number of ether oxygens (including phenoxy) is 1. The van der Waals surface area contributed by atoms with Gasteiger partial charge in [-0.2, -0.15) is 4.31 Å². The number of nitrogens with zero attached hydrogens (tertiary/aromatic N) is 2. The van der Waals surface area contributed by atoms with Crippen LogP contribution >= 0.6 is 22.9 Å². The van der Waals surface area contributed by atoms with E-state index >= 15 is 0 Å². The number of benzene rings is 2. The summed E-state index contributed by atoms with van der Waals surface area (Å²) in [5, 5.41) is 2.50. The van der Waals surface area contributed by atoms with Crippen LogP contribution in [-0.4, -0.2) is 62.7 Å². The van der Waals surface area contributed by atoms with E-state index in [0.717, 1.165) is 49.5 Å². The Morgan fingerprint density at radius 1 is 1.11 bits per heavy atom. The van der Waals surface area contributed by atoms with Gasteiger partial charge in [-0.25, -0.2) is 8.42 Å². The monoisotopic (exact) mass is 558 g/mol. The topological polar surface area (TPSA) is 66.9 Å². The van der Waals surface area contributed by atoms with Crippen molar-refractivity contribution >= 4 is 44.8 Å². The third kappa shape index (κ3) is 7.52. The maximum Gasteiger partial charge on any atom is 0.243 e. The fourth-order valence-electron chi connectivity index (χ4n) is 4.31. The molecule has 1 saturated heterocycles. The van der Waals surface area contributed by atoms with Crippen molar-refractivity contribution in [2.45, 2.75) is 30.2 Å². The number of hydrogen-bond donors (Lipinski definition) is 0. The number of rotatable bonds is 11. The minimum Gasteiger partial charge on any atom is -0.494 e. The zero-order chi connectivity index (χ0) is 26.3. The van der Waals surface area contributed by atoms with Crippen LogP contribution < -0.4 is 4.74 Å². The van der Waals surface area contributed by atoms with Crippen molar-refractivity contribution in [3.63, 3.8) is 0 Å². The van der Waals surface area contributed by atoms with E-state index in [1.165, 1.54) is 4.31 Å². The third-order valence-electron chi connectivity index (χ3n) is 6.53. The van der Waals surface area contributed by atoms with E-state index in [-0.39, 0.29) is 16.7 Å². The van der Waals surface area contributed by atoms with Crippen LogP contribution in [0.4, 0.5) is 0 Å². The number of sulfonamides is 1. The molecule has 1 aliphatic heterocycles. The fourth-order valence-corrected chi connectivity index (χ4v) is 6.47. The Morgan fingerprint density at radius 3 is 2.46 bits per heavy atom. The first-order chi connectivity index (χ1) is 17.8. The van der Waals surface area contributed by atoms with Gasteiger partial charge in [0.05, 0.1) is 11.5 Å². The summed E-state index contributed by atoms with van der Waals surface area (Å²) in [6.07, 6.45) is 5.88. The molecule has 196 valence electrons. The lowest BCUT2D eigenvalue weighted by Crippen LogP contribution is -2.45. The lowest BCUT2D eigenvalue weighted by molar-refractivity contribution is 0.104. The summed E-state index contributed by atoms with van der Waals surface area (Å²) in [6, 6.07) is 17.5. The number of carbonyl (C=O) groups is 1. The van der Waals surface area contributed by atoms with Gasteiger partial charge in [-0.1, -0.05) is 17.7 Å². The maximum atomic E-state index is 12.9. The molecular formula is C28H31ClN2O4S2. The van der Waals surface area contributed by atoms with Crippen LogP contribution in [-0.2, 0) is 10.0 Å². The van der Waals surface area contributed by atoms with Crippen LogP contribution in [0, 0.1) is 0 Å². The molecule has 0 amide bonds. The Morgan fingerprint density at radius 2 is 1.81 bits per heavy atom. The highest BCUT2D eigenvalue weighted by Crippen LogP contribution is 2.24. The summed E-state index contributed by atoms with van der Waals surface area (Å²) < 4.78 is 33.2. The molecule has 9 heteroatoms. The number of likely N-dealkylation sites (tertiary alicyclic amines) is 1. The maximum absolute atomic E-state index is 12.9. The highest BCUT2D eigenvalue weighted by atomic mass is 35.5. The van der Waals surface area contributed by atoms with Gasteiger partial charge in [0.25, 0.3) is 0 Å². The van der Waals surface area contributed by atoms with Crippen LogP contribution in [0.3, 0.4) is 0 Å². The molecule has 4 rings (SSSR count). The summed E-state index contributed by atoms with van der Waals surface area (Å²) in [5.74, 6) is 0.710. The molecule has 0 N–H and O–H groups in total. The molecule has 1 fully saturated rings. The summed E-state index contributed by atoms with van der Waals surface area (Å²) in [7, 11) is -1.87. The van der Waals surface area contributed by atoms with Crippen LogP contribution in [0.1, 0.15) is 34.5 Å². The number of thiophene rings is 1. The second kappa shape index (κ2) is 12.8. The second-order valence-corrected chi connectivity index (χ2v) is 12.4. The van der Waals surface area contributed by atoms with Crippen LogP contribution in [0.15, 0.2) is 77.0 Å². The van der Waals surface area contributed by atoms with Gasteiger partial charge in [0.15, 0.2) is 5.78 Å². The Kier molecular flexibility index (Phi) is 9.56. The molecule has 0 aliphatic carbocycles. The van der Waals surface area contributed by atoms with Crippen molar-refractivity contribution in [2.75, 3.05) is 33.3 Å². The van der Waals surface area contributed by atoms with Gasteiger partial charge in [0, 0.05) is 35.1 Å². The van der Waals surface area contributed by atoms with Crippen LogP contribution in [0.2, 0.25) is 5.02 Å². The molecule has 2 aromatic carbocycles. The van der Waals surface area contributed by atoms with Gasteiger partial charge in [0.1, 0.15) is 5.75 Å². The largest absolute Gasteiger partial charge is 0.494 e. The molecule has 6 nitrogen and oxygen atoms in total. The average molecular weight is 559 g/mol. The Bertz CT molecular complexity index is 1280. The molecule has 0 radical (unpaired) electrons. The van der Waals surface area contributed by atoms with E-state index in [4.69, 9.17) is 16.3 Å². The SMILES string of the molecule is CN(C1CCN(CCCOc2ccc(C(=O)C=Cc3cccs3)cc2)CC1)S(=O)(=O)c1ccc(Cl)cc1. The first-order valence-corrected chi connectivity index (χ1v) is 15.0. The van der Waals surface area contributed by atoms with Gasteiger partial charge in [-0.05, 0) is 104 Å². The number of piperidine rings is 1. The molecule has 0 atom stereocenters. The van der Waals surface area contributed by atoms with E-state index in [1.54, 1.807) is 60.9 Å². The van der Waals surface area contributed by atoms with Crippen molar-refractivity contribution in [1.29, 1.82) is 0 Å². The summed E-state index contributed by atoms with van der Waals surface area (Å²) in [5.41, 5.74) is 0.631. The van der Waals surface area contributed by atoms with E-state index in [0.29, 0.717) is 17.2 Å². The Labute approximate surface area is 228 Å². The Balaban J connectivity index is 1.16. The van der Waals surface area contributed by atoms with Gasteiger partial charge in [-0.15, -0.1) is 11.3 Å². The molecular weight excluding hydrogens is 528 g/mol. The van der Waals surface area contributed by atoms with E-state index in [9.17, 15) is 13.2 Å². The van der Waals surface area contributed by atoms with Crippen molar-refractivity contribution in [3.8, 4) is 5.75 Å². The smallest absolute Gasteiger partial charge is 0.243 e. The van der Waals surface area contributed by atoms with Crippen molar-refractivity contribution in [2.24, 2.45) is 0 Å². The molecule has 2 heterocycles. The first kappa shape index (κ1) is 27.5. The van der Waals surface area contributed by atoms with Crippen molar-refractivity contribution in [3.05, 3.63) is 87.6 Å². The predicted octanol–water partition coefficient (Wildman–Crippen LogP) is 5.85. The van der Waals surface area contributed by atoms with Gasteiger partial charge in [0.2, 0.25) is 10.0 Å². The molecule has 3 aromatic rings. The third-order valence-corrected chi connectivity index (χ3v) is 9.54. The minimum atomic E-state index is -3.53. The normalized spacial score (nSPS) is 15.4. The summed E-state index contributed by atoms with van der Waals surface area (Å²) in [6.45, 7) is 3.17. The average Bonchev–Trinajstić information content (AvgIpc) is 3.44. The van der Waals surface area contributed by atoms with E-state index in [1.807, 2.05) is 35.7 Å². The summed E-state index contributed by atoms with van der Waals surface area (Å²) >= 11 is 7.49. The molecule has 37 heavy (non-hydrogen) atoms. The van der Waals surface area contributed by atoms with Crippen molar-refractivity contribution in [1.82, 2.24) is 9.21 Å². The van der Waals surface area contributed by atoms with Gasteiger partial charge >= 0.3 is 0 Å².